The summed E-state index contributed by atoms with van der Waals surface area (Å²) >= 11 is 0.972. The fraction of sp³-hybridized carbons (Fsp3) is 0.214. The fourth-order valence-electron chi connectivity index (χ4n) is 1.94. The van der Waals surface area contributed by atoms with Crippen molar-refractivity contribution in [2.24, 2.45) is 5.73 Å². The standard InChI is InChI=1S/C14H15N3O3S/c1-8-10(14(19)20)13(21-16-8)17(2)12(18)11(15)9-6-4-3-5-7-9/h3-7,11H,15H2,1-2H3,(H,19,20)/t11-/m0/s1. The number of carbonyl (C=O) groups is 2. The second kappa shape index (κ2) is 6.02. The number of aryl methyl sites for hydroxylation is 1. The van der Waals surface area contributed by atoms with E-state index in [-0.39, 0.29) is 16.5 Å². The van der Waals surface area contributed by atoms with Crippen LogP contribution in [0.3, 0.4) is 0 Å². The number of hydrogen-bond acceptors (Lipinski definition) is 5. The van der Waals surface area contributed by atoms with Gasteiger partial charge in [0, 0.05) is 7.05 Å². The van der Waals surface area contributed by atoms with Crippen molar-refractivity contribution in [1.29, 1.82) is 0 Å². The van der Waals surface area contributed by atoms with E-state index in [0.29, 0.717) is 11.3 Å². The number of nitrogens with zero attached hydrogens (tertiary/aromatic N) is 2. The molecule has 0 unspecified atom stereocenters. The maximum absolute atomic E-state index is 12.4. The minimum Gasteiger partial charge on any atom is -0.478 e. The maximum Gasteiger partial charge on any atom is 0.340 e. The van der Waals surface area contributed by atoms with Crippen molar-refractivity contribution in [2.75, 3.05) is 11.9 Å². The topological polar surface area (TPSA) is 96.5 Å². The van der Waals surface area contributed by atoms with Gasteiger partial charge in [-0.2, -0.15) is 4.37 Å². The molecule has 0 bridgehead atoms. The Balaban J connectivity index is 2.30. The van der Waals surface area contributed by atoms with Gasteiger partial charge in [0.1, 0.15) is 16.6 Å². The van der Waals surface area contributed by atoms with E-state index >= 15 is 0 Å². The summed E-state index contributed by atoms with van der Waals surface area (Å²) in [7, 11) is 1.50. The number of likely N-dealkylation sites (N-methyl/N-ethyl adjacent to an activating group) is 1. The van der Waals surface area contributed by atoms with Gasteiger partial charge in [-0.1, -0.05) is 30.3 Å². The van der Waals surface area contributed by atoms with Gasteiger partial charge in [0.25, 0.3) is 0 Å². The molecule has 0 aliphatic rings. The zero-order valence-corrected chi connectivity index (χ0v) is 12.4. The van der Waals surface area contributed by atoms with Gasteiger partial charge in [-0.3, -0.25) is 4.79 Å². The molecule has 1 aromatic heterocycles. The number of benzene rings is 1. The van der Waals surface area contributed by atoms with Crippen molar-refractivity contribution in [3.8, 4) is 0 Å². The number of carboxylic acids is 1. The zero-order valence-electron chi connectivity index (χ0n) is 11.6. The molecule has 0 spiro atoms. The number of anilines is 1. The van der Waals surface area contributed by atoms with Gasteiger partial charge in [0.2, 0.25) is 5.91 Å². The first-order chi connectivity index (χ1) is 9.93. The number of carbonyl (C=O) groups excluding carboxylic acids is 1. The molecular formula is C14H15N3O3S. The van der Waals surface area contributed by atoms with E-state index in [1.165, 1.54) is 11.9 Å². The van der Waals surface area contributed by atoms with Crippen LogP contribution in [0.15, 0.2) is 30.3 Å². The van der Waals surface area contributed by atoms with Crippen molar-refractivity contribution in [3.05, 3.63) is 47.2 Å². The highest BCUT2D eigenvalue weighted by Crippen LogP contribution is 2.29. The quantitative estimate of drug-likeness (QED) is 0.898. The molecular weight excluding hydrogens is 290 g/mol. The lowest BCUT2D eigenvalue weighted by Crippen LogP contribution is -2.36. The van der Waals surface area contributed by atoms with Crippen LogP contribution in [0, 0.1) is 6.92 Å². The summed E-state index contributed by atoms with van der Waals surface area (Å²) < 4.78 is 4.00. The molecule has 0 aliphatic heterocycles. The molecule has 110 valence electrons. The molecule has 0 saturated carbocycles. The lowest BCUT2D eigenvalue weighted by atomic mass is 10.1. The molecule has 2 rings (SSSR count). The highest BCUT2D eigenvalue weighted by Gasteiger charge is 2.27. The third-order valence-electron chi connectivity index (χ3n) is 3.12. The molecule has 1 aromatic carbocycles. The van der Waals surface area contributed by atoms with E-state index in [1.54, 1.807) is 31.2 Å². The molecule has 0 radical (unpaired) electrons. The summed E-state index contributed by atoms with van der Waals surface area (Å²) in [5.74, 6) is -1.49. The number of rotatable bonds is 4. The summed E-state index contributed by atoms with van der Waals surface area (Å²) in [6, 6.07) is 8.09. The summed E-state index contributed by atoms with van der Waals surface area (Å²) in [6.07, 6.45) is 0. The molecule has 0 fully saturated rings. The van der Waals surface area contributed by atoms with Crippen molar-refractivity contribution in [3.63, 3.8) is 0 Å². The number of amides is 1. The second-order valence-corrected chi connectivity index (χ2v) is 5.29. The molecule has 3 N–H and O–H groups in total. The molecule has 1 amide bonds. The van der Waals surface area contributed by atoms with E-state index < -0.39 is 12.0 Å². The van der Waals surface area contributed by atoms with Gasteiger partial charge in [-0.25, -0.2) is 4.79 Å². The monoisotopic (exact) mass is 305 g/mol. The van der Waals surface area contributed by atoms with Crippen LogP contribution < -0.4 is 10.6 Å². The van der Waals surface area contributed by atoms with Gasteiger partial charge in [-0.05, 0) is 24.0 Å². The van der Waals surface area contributed by atoms with E-state index in [2.05, 4.69) is 4.37 Å². The first-order valence-electron chi connectivity index (χ1n) is 6.21. The second-order valence-electron chi connectivity index (χ2n) is 4.54. The van der Waals surface area contributed by atoms with Crippen LogP contribution in [0.5, 0.6) is 0 Å². The summed E-state index contributed by atoms with van der Waals surface area (Å²) in [4.78, 5) is 24.9. The predicted molar refractivity (Wildman–Crippen MR) is 80.6 cm³/mol. The Morgan fingerprint density at radius 1 is 1.33 bits per heavy atom. The van der Waals surface area contributed by atoms with Gasteiger partial charge >= 0.3 is 5.97 Å². The van der Waals surface area contributed by atoms with Gasteiger partial charge in [0.05, 0.1) is 5.69 Å². The molecule has 2 aromatic rings. The zero-order chi connectivity index (χ0) is 15.6. The molecule has 1 atom stereocenters. The van der Waals surface area contributed by atoms with Crippen molar-refractivity contribution >= 4 is 28.4 Å². The normalized spacial score (nSPS) is 12.0. The Bertz CT molecular complexity index is 669. The summed E-state index contributed by atoms with van der Waals surface area (Å²) in [5, 5.41) is 9.51. The van der Waals surface area contributed by atoms with E-state index in [1.807, 2.05) is 6.07 Å². The number of nitrogens with two attached hydrogens (primary N) is 1. The molecule has 21 heavy (non-hydrogen) atoms. The van der Waals surface area contributed by atoms with E-state index in [0.717, 1.165) is 11.5 Å². The number of carboxylic acid groups (broad SMARTS) is 1. The Morgan fingerprint density at radius 3 is 2.52 bits per heavy atom. The number of hydrogen-bond donors (Lipinski definition) is 2. The van der Waals surface area contributed by atoms with E-state index in [4.69, 9.17) is 5.73 Å². The van der Waals surface area contributed by atoms with E-state index in [9.17, 15) is 14.7 Å². The fourth-order valence-corrected chi connectivity index (χ4v) is 2.80. The smallest absolute Gasteiger partial charge is 0.340 e. The number of aromatic carboxylic acids is 1. The lowest BCUT2D eigenvalue weighted by Gasteiger charge is -2.20. The average molecular weight is 305 g/mol. The van der Waals surface area contributed by atoms with Crippen LogP contribution >= 0.6 is 11.5 Å². The third kappa shape index (κ3) is 2.93. The van der Waals surface area contributed by atoms with Crippen LogP contribution in [0.4, 0.5) is 5.00 Å². The summed E-state index contributed by atoms with van der Waals surface area (Å²) in [5.41, 5.74) is 7.05. The number of aromatic nitrogens is 1. The molecule has 0 saturated heterocycles. The minimum absolute atomic E-state index is 0.0381. The Hall–Kier alpha value is -2.25. The summed E-state index contributed by atoms with van der Waals surface area (Å²) in [6.45, 7) is 1.60. The van der Waals surface area contributed by atoms with Crippen LogP contribution in [0.2, 0.25) is 0 Å². The van der Waals surface area contributed by atoms with Crippen LogP contribution in [-0.2, 0) is 4.79 Å². The highest BCUT2D eigenvalue weighted by atomic mass is 32.1. The van der Waals surface area contributed by atoms with Crippen LogP contribution in [-0.4, -0.2) is 28.4 Å². The van der Waals surface area contributed by atoms with Gasteiger partial charge in [0.15, 0.2) is 0 Å². The third-order valence-corrected chi connectivity index (χ3v) is 4.13. The largest absolute Gasteiger partial charge is 0.478 e. The molecule has 0 aliphatic carbocycles. The minimum atomic E-state index is -1.11. The SMILES string of the molecule is Cc1nsc(N(C)C(=O)[C@@H](N)c2ccccc2)c1C(=O)O. The lowest BCUT2D eigenvalue weighted by molar-refractivity contribution is -0.119. The first kappa shape index (κ1) is 15.1. The highest BCUT2D eigenvalue weighted by molar-refractivity contribution is 7.11. The predicted octanol–water partition coefficient (Wildman–Crippen LogP) is 1.81. The van der Waals surface area contributed by atoms with Crippen molar-refractivity contribution < 1.29 is 14.7 Å². The van der Waals surface area contributed by atoms with Crippen LogP contribution in [0.25, 0.3) is 0 Å². The first-order valence-corrected chi connectivity index (χ1v) is 6.98. The van der Waals surface area contributed by atoms with Gasteiger partial charge in [-0.15, -0.1) is 0 Å². The molecule has 1 heterocycles. The van der Waals surface area contributed by atoms with Gasteiger partial charge < -0.3 is 15.7 Å². The maximum atomic E-state index is 12.4. The van der Waals surface area contributed by atoms with Crippen molar-refractivity contribution in [2.45, 2.75) is 13.0 Å². The average Bonchev–Trinajstić information content (AvgIpc) is 2.87. The Morgan fingerprint density at radius 2 is 1.95 bits per heavy atom. The molecule has 7 heteroatoms. The Kier molecular flexibility index (Phi) is 4.35. The molecule has 6 nitrogen and oxygen atoms in total. The Labute approximate surface area is 126 Å². The van der Waals surface area contributed by atoms with Crippen LogP contribution in [0.1, 0.15) is 27.7 Å². The van der Waals surface area contributed by atoms with Crippen molar-refractivity contribution in [1.82, 2.24) is 4.37 Å².